The first-order valence-electron chi connectivity index (χ1n) is 14.7. The summed E-state index contributed by atoms with van der Waals surface area (Å²) in [4.78, 5) is 46.0. The van der Waals surface area contributed by atoms with Crippen LogP contribution in [0.3, 0.4) is 0 Å². The molecule has 2 aromatic heterocycles. The molecule has 2 saturated heterocycles. The number of aryl methyl sites for hydroxylation is 1. The van der Waals surface area contributed by atoms with Crippen molar-refractivity contribution in [3.05, 3.63) is 58.6 Å². The fraction of sp³-hybridized carbons (Fsp3) is 0.419. The lowest BCUT2D eigenvalue weighted by atomic mass is 10.1. The number of nitriles is 1. The van der Waals surface area contributed by atoms with Crippen LogP contribution in [-0.4, -0.2) is 92.4 Å². The number of carboxylic acid groups (broad SMARTS) is 1. The third-order valence-electron chi connectivity index (χ3n) is 8.50. The fourth-order valence-electron chi connectivity index (χ4n) is 6.19. The van der Waals surface area contributed by atoms with Crippen molar-refractivity contribution in [1.29, 1.82) is 5.26 Å². The van der Waals surface area contributed by atoms with Gasteiger partial charge >= 0.3 is 12.1 Å². The van der Waals surface area contributed by atoms with Crippen LogP contribution in [0.15, 0.2) is 47.3 Å². The first-order chi connectivity index (χ1) is 20.9. The van der Waals surface area contributed by atoms with Crippen molar-refractivity contribution in [2.45, 2.75) is 44.7 Å². The van der Waals surface area contributed by atoms with E-state index in [0.29, 0.717) is 42.4 Å². The first kappa shape index (κ1) is 28.4. The van der Waals surface area contributed by atoms with Gasteiger partial charge in [-0.3, -0.25) is 9.36 Å². The summed E-state index contributed by atoms with van der Waals surface area (Å²) in [6, 6.07) is 15.6. The van der Waals surface area contributed by atoms with Gasteiger partial charge in [0.25, 0.3) is 5.56 Å². The Balaban J connectivity index is 1.51. The Morgan fingerprint density at radius 2 is 1.88 bits per heavy atom. The van der Waals surface area contributed by atoms with Gasteiger partial charge in [0.05, 0.1) is 24.2 Å². The minimum absolute atomic E-state index is 0.0325. The normalized spacial score (nSPS) is 19.2. The van der Waals surface area contributed by atoms with Crippen molar-refractivity contribution in [2.75, 3.05) is 44.7 Å². The zero-order valence-corrected chi connectivity index (χ0v) is 24.3. The van der Waals surface area contributed by atoms with Crippen LogP contribution in [0, 0.1) is 11.3 Å². The molecule has 1 amide bonds. The Kier molecular flexibility index (Phi) is 7.82. The predicted molar refractivity (Wildman–Crippen MR) is 162 cm³/mol. The average Bonchev–Trinajstić information content (AvgIpc) is 3.43. The topological polar surface area (TPSA) is 141 Å². The lowest BCUT2D eigenvalue weighted by Gasteiger charge is -2.39. The molecular weight excluding hydrogens is 548 g/mol. The quantitative estimate of drug-likeness (QED) is 0.344. The highest BCUT2D eigenvalue weighted by Gasteiger charge is 2.33. The van der Waals surface area contributed by atoms with Crippen molar-refractivity contribution < 1.29 is 14.6 Å². The number of anilines is 1. The van der Waals surface area contributed by atoms with E-state index in [-0.39, 0.29) is 42.6 Å². The van der Waals surface area contributed by atoms with Crippen molar-refractivity contribution in [3.8, 4) is 17.8 Å². The van der Waals surface area contributed by atoms with Gasteiger partial charge in [0.1, 0.15) is 17.9 Å². The van der Waals surface area contributed by atoms with Gasteiger partial charge in [0.15, 0.2) is 11.3 Å². The second-order valence-corrected chi connectivity index (χ2v) is 11.1. The van der Waals surface area contributed by atoms with Gasteiger partial charge in [0, 0.05) is 37.5 Å². The minimum Gasteiger partial charge on any atom is -0.465 e. The number of amides is 1. The largest absolute Gasteiger partial charge is 0.465 e. The Morgan fingerprint density at radius 3 is 2.63 bits per heavy atom. The van der Waals surface area contributed by atoms with Crippen LogP contribution >= 0.6 is 0 Å². The van der Waals surface area contributed by atoms with Gasteiger partial charge in [-0.05, 0) is 37.9 Å². The second-order valence-electron chi connectivity index (χ2n) is 11.1. The standard InChI is InChI=1S/C31H34N8O4/c1-3-25-33-26-27(29(40)39(25)24-12-6-9-20-8-4-5-11-23(20)24)34-30(43-19-22-10-7-15-36(22)2)35-28(26)37-16-17-38(31(41)42)21(18-37)13-14-32/h4-6,8-9,11-12,21-22H,3,7,10,13,15-19H2,1-2H3,(H,41,42)/t21-,22-/m0/s1. The van der Waals surface area contributed by atoms with E-state index in [2.05, 4.69) is 23.0 Å². The van der Waals surface area contributed by atoms with Gasteiger partial charge in [-0.25, -0.2) is 9.78 Å². The molecular formula is C31H34N8O4. The van der Waals surface area contributed by atoms with Crippen LogP contribution in [0.2, 0.25) is 0 Å². The molecule has 6 rings (SSSR count). The van der Waals surface area contributed by atoms with E-state index >= 15 is 0 Å². The molecule has 12 nitrogen and oxygen atoms in total. The first-order valence-corrected chi connectivity index (χ1v) is 14.7. The van der Waals surface area contributed by atoms with E-state index in [1.165, 1.54) is 4.90 Å². The number of ether oxygens (including phenoxy) is 1. The lowest BCUT2D eigenvalue weighted by Crippen LogP contribution is -2.55. The van der Waals surface area contributed by atoms with Gasteiger partial charge in [-0.2, -0.15) is 15.2 Å². The molecule has 4 aromatic rings. The number of carbonyl (C=O) groups is 1. The van der Waals surface area contributed by atoms with Crippen LogP contribution in [0.1, 0.15) is 32.0 Å². The number of piperazine rings is 1. The summed E-state index contributed by atoms with van der Waals surface area (Å²) in [5, 5.41) is 21.0. The van der Waals surface area contributed by atoms with Gasteiger partial charge in [0.2, 0.25) is 0 Å². The van der Waals surface area contributed by atoms with Crippen LogP contribution in [-0.2, 0) is 6.42 Å². The maximum Gasteiger partial charge on any atom is 0.407 e. The summed E-state index contributed by atoms with van der Waals surface area (Å²) in [6.07, 6.45) is 1.53. The number of hydrogen-bond acceptors (Lipinski definition) is 9. The molecule has 2 aliphatic rings. The molecule has 0 aliphatic carbocycles. The molecule has 4 heterocycles. The molecule has 2 aliphatic heterocycles. The van der Waals surface area contributed by atoms with E-state index in [1.807, 2.05) is 54.3 Å². The SMILES string of the molecule is CCc1nc2c(N3CCN(C(=O)O)[C@@H](CC#N)C3)nc(OC[C@@H]3CCCN3C)nc2c(=O)n1-c1cccc2ccccc12. The molecule has 0 unspecified atom stereocenters. The minimum atomic E-state index is -1.07. The number of benzene rings is 2. The summed E-state index contributed by atoms with van der Waals surface area (Å²) in [5.74, 6) is 0.960. The summed E-state index contributed by atoms with van der Waals surface area (Å²) < 4.78 is 7.76. The van der Waals surface area contributed by atoms with Crippen LogP contribution < -0.4 is 15.2 Å². The van der Waals surface area contributed by atoms with Gasteiger partial charge in [-0.1, -0.05) is 43.3 Å². The highest BCUT2D eigenvalue weighted by Crippen LogP contribution is 2.29. The van der Waals surface area contributed by atoms with Gasteiger partial charge < -0.3 is 24.5 Å². The molecule has 1 N–H and O–H groups in total. The summed E-state index contributed by atoms with van der Waals surface area (Å²) in [5.41, 5.74) is 0.849. The van der Waals surface area contributed by atoms with E-state index in [1.54, 1.807) is 4.57 Å². The molecule has 43 heavy (non-hydrogen) atoms. The average molecular weight is 583 g/mol. The van der Waals surface area contributed by atoms with Gasteiger partial charge in [-0.15, -0.1) is 0 Å². The molecule has 2 aromatic carbocycles. The number of likely N-dealkylation sites (N-methyl/N-ethyl adjacent to an activating group) is 1. The molecule has 2 atom stereocenters. The highest BCUT2D eigenvalue weighted by molar-refractivity contribution is 5.91. The Morgan fingerprint density at radius 1 is 1.07 bits per heavy atom. The van der Waals surface area contributed by atoms with Crippen LogP contribution in [0.5, 0.6) is 6.01 Å². The second kappa shape index (κ2) is 11.9. The van der Waals surface area contributed by atoms with E-state index < -0.39 is 12.1 Å². The third kappa shape index (κ3) is 5.32. The van der Waals surface area contributed by atoms with Crippen molar-refractivity contribution in [2.24, 2.45) is 0 Å². The number of hydrogen-bond donors (Lipinski definition) is 1. The highest BCUT2D eigenvalue weighted by atomic mass is 16.5. The number of aromatic nitrogens is 4. The molecule has 0 spiro atoms. The van der Waals surface area contributed by atoms with Crippen LogP contribution in [0.25, 0.3) is 27.5 Å². The van der Waals surface area contributed by atoms with Crippen LogP contribution in [0.4, 0.5) is 10.6 Å². The Labute approximate surface area is 248 Å². The summed E-state index contributed by atoms with van der Waals surface area (Å²) in [7, 11) is 2.06. The van der Waals surface area contributed by atoms with E-state index in [9.17, 15) is 20.0 Å². The van der Waals surface area contributed by atoms with E-state index in [4.69, 9.17) is 14.7 Å². The number of likely N-dealkylation sites (tertiary alicyclic amines) is 1. The number of rotatable bonds is 7. The molecule has 12 heteroatoms. The zero-order chi connectivity index (χ0) is 30.1. The van der Waals surface area contributed by atoms with E-state index in [0.717, 1.165) is 30.2 Å². The van der Waals surface area contributed by atoms with Crippen molar-refractivity contribution in [3.63, 3.8) is 0 Å². The van der Waals surface area contributed by atoms with Crippen molar-refractivity contribution >= 4 is 33.7 Å². The molecule has 2 fully saturated rings. The molecule has 0 bridgehead atoms. The molecule has 222 valence electrons. The maximum atomic E-state index is 14.4. The number of fused-ring (bicyclic) bond motifs is 2. The summed E-state index contributed by atoms with van der Waals surface area (Å²) in [6.45, 7) is 4.05. The predicted octanol–water partition coefficient (Wildman–Crippen LogP) is 3.45. The Bertz CT molecular complexity index is 1780. The monoisotopic (exact) mass is 582 g/mol. The molecule has 0 radical (unpaired) electrons. The smallest absolute Gasteiger partial charge is 0.407 e. The lowest BCUT2D eigenvalue weighted by molar-refractivity contribution is 0.119. The third-order valence-corrected chi connectivity index (χ3v) is 8.50. The Hall–Kier alpha value is -4.76. The fourth-order valence-corrected chi connectivity index (χ4v) is 6.19. The summed E-state index contributed by atoms with van der Waals surface area (Å²) >= 11 is 0. The zero-order valence-electron chi connectivity index (χ0n) is 24.3. The van der Waals surface area contributed by atoms with Crippen molar-refractivity contribution in [1.82, 2.24) is 29.3 Å². The molecule has 0 saturated carbocycles. The maximum absolute atomic E-state index is 14.4. The number of nitrogens with zero attached hydrogens (tertiary/aromatic N) is 8.